The molecular weight excluding hydrogens is 428 g/mol. The maximum absolute atomic E-state index is 13.3. The standard InChI is InChI=1S/C26H32N6O2/c1-15-10-19-20(12-22(15)31(4)25(33)16(2)32-6-5-8-34-9-7-32)28-24(27-19)23-18-11-17-13-26(17,3)14-21(18)29-30-23/h10,12,17H,2,5-9,11,13-14H2,1,3-4H3,(H,27,28)(H,29,30)/t17-,26-/m1/s1. The molecule has 8 nitrogen and oxygen atoms in total. The van der Waals surface area contributed by atoms with E-state index < -0.39 is 0 Å². The van der Waals surface area contributed by atoms with Crippen LogP contribution in [0.3, 0.4) is 0 Å². The molecule has 1 aliphatic heterocycles. The van der Waals surface area contributed by atoms with Crippen molar-refractivity contribution in [2.24, 2.45) is 11.3 Å². The number of fused-ring (bicyclic) bond motifs is 3. The van der Waals surface area contributed by atoms with Crippen LogP contribution in [0.25, 0.3) is 22.6 Å². The fourth-order valence-corrected chi connectivity index (χ4v) is 5.73. The third kappa shape index (κ3) is 3.43. The van der Waals surface area contributed by atoms with Gasteiger partial charge in [0.25, 0.3) is 5.91 Å². The fourth-order valence-electron chi connectivity index (χ4n) is 5.73. The number of aryl methyl sites for hydroxylation is 1. The molecule has 2 N–H and O–H groups in total. The molecular formula is C26H32N6O2. The summed E-state index contributed by atoms with van der Waals surface area (Å²) in [5.74, 6) is 1.45. The maximum Gasteiger partial charge on any atom is 0.273 e. The summed E-state index contributed by atoms with van der Waals surface area (Å²) < 4.78 is 5.52. The van der Waals surface area contributed by atoms with Crippen LogP contribution in [0, 0.1) is 18.3 Å². The molecule has 1 aromatic carbocycles. The molecule has 3 heterocycles. The van der Waals surface area contributed by atoms with Crippen LogP contribution in [0.15, 0.2) is 24.4 Å². The Kier molecular flexibility index (Phi) is 4.85. The van der Waals surface area contributed by atoms with Crippen LogP contribution in [0.4, 0.5) is 5.69 Å². The summed E-state index contributed by atoms with van der Waals surface area (Å²) in [6.07, 6.45) is 4.34. The van der Waals surface area contributed by atoms with Gasteiger partial charge in [0.05, 0.1) is 23.3 Å². The molecule has 2 fully saturated rings. The molecule has 178 valence electrons. The first-order valence-corrected chi connectivity index (χ1v) is 12.2. The van der Waals surface area contributed by atoms with Crippen molar-refractivity contribution in [3.05, 3.63) is 41.2 Å². The van der Waals surface area contributed by atoms with Gasteiger partial charge in [0.2, 0.25) is 0 Å². The van der Waals surface area contributed by atoms with Gasteiger partial charge in [-0.3, -0.25) is 9.89 Å². The molecule has 0 bridgehead atoms. The van der Waals surface area contributed by atoms with E-state index in [-0.39, 0.29) is 5.91 Å². The Balaban J connectivity index is 1.28. The van der Waals surface area contributed by atoms with Gasteiger partial charge in [-0.05, 0) is 61.6 Å². The van der Waals surface area contributed by atoms with E-state index in [4.69, 9.17) is 9.72 Å². The third-order valence-electron chi connectivity index (χ3n) is 8.06. The minimum absolute atomic E-state index is 0.103. The summed E-state index contributed by atoms with van der Waals surface area (Å²) >= 11 is 0. The largest absolute Gasteiger partial charge is 0.380 e. The molecule has 2 aliphatic carbocycles. The number of benzene rings is 1. The predicted molar refractivity (Wildman–Crippen MR) is 132 cm³/mol. The number of carbonyl (C=O) groups excluding carboxylic acids is 1. The van der Waals surface area contributed by atoms with Crippen molar-refractivity contribution < 1.29 is 9.53 Å². The first-order valence-electron chi connectivity index (χ1n) is 12.2. The number of H-pyrrole nitrogens is 2. The summed E-state index contributed by atoms with van der Waals surface area (Å²) in [7, 11) is 1.81. The minimum Gasteiger partial charge on any atom is -0.380 e. The molecule has 1 saturated carbocycles. The van der Waals surface area contributed by atoms with E-state index in [9.17, 15) is 4.79 Å². The number of anilines is 1. The van der Waals surface area contributed by atoms with Gasteiger partial charge < -0.3 is 19.5 Å². The van der Waals surface area contributed by atoms with Gasteiger partial charge in [-0.1, -0.05) is 13.5 Å². The highest BCUT2D eigenvalue weighted by molar-refractivity contribution is 6.05. The lowest BCUT2D eigenvalue weighted by molar-refractivity contribution is -0.116. The summed E-state index contributed by atoms with van der Waals surface area (Å²) in [4.78, 5) is 25.3. The first kappa shape index (κ1) is 21.4. The Morgan fingerprint density at radius 1 is 1.32 bits per heavy atom. The minimum atomic E-state index is -0.103. The lowest BCUT2D eigenvalue weighted by Crippen LogP contribution is -2.37. The molecule has 6 rings (SSSR count). The van der Waals surface area contributed by atoms with E-state index in [0.717, 1.165) is 72.1 Å². The van der Waals surface area contributed by atoms with Gasteiger partial charge in [-0.15, -0.1) is 0 Å². The average Bonchev–Trinajstić information content (AvgIpc) is 3.24. The smallest absolute Gasteiger partial charge is 0.273 e. The molecule has 3 aromatic rings. The van der Waals surface area contributed by atoms with Crippen molar-refractivity contribution in [2.45, 2.75) is 39.5 Å². The van der Waals surface area contributed by atoms with E-state index in [1.54, 1.807) is 11.9 Å². The molecule has 2 atom stereocenters. The van der Waals surface area contributed by atoms with E-state index in [0.29, 0.717) is 24.3 Å². The highest BCUT2D eigenvalue weighted by Crippen LogP contribution is 2.59. The van der Waals surface area contributed by atoms with Crippen LogP contribution in [0.5, 0.6) is 0 Å². The van der Waals surface area contributed by atoms with Crippen molar-refractivity contribution >= 4 is 22.6 Å². The van der Waals surface area contributed by atoms with Crippen molar-refractivity contribution in [1.29, 1.82) is 0 Å². The Labute approximate surface area is 199 Å². The first-order chi connectivity index (χ1) is 16.3. The average molecular weight is 461 g/mol. The van der Waals surface area contributed by atoms with Crippen LogP contribution >= 0.6 is 0 Å². The number of likely N-dealkylation sites (N-methyl/N-ethyl adjacent to an activating group) is 1. The van der Waals surface area contributed by atoms with Crippen LogP contribution in [0.1, 0.15) is 36.6 Å². The molecule has 1 saturated heterocycles. The second-order valence-corrected chi connectivity index (χ2v) is 10.5. The summed E-state index contributed by atoms with van der Waals surface area (Å²) in [5.41, 5.74) is 8.07. The van der Waals surface area contributed by atoms with Gasteiger partial charge in [0, 0.05) is 43.7 Å². The lowest BCUT2D eigenvalue weighted by atomic mass is 9.88. The zero-order valence-corrected chi connectivity index (χ0v) is 20.2. The van der Waals surface area contributed by atoms with E-state index in [1.807, 2.05) is 17.9 Å². The number of carbonyl (C=O) groups is 1. The number of ether oxygens (including phenoxy) is 1. The highest BCUT2D eigenvalue weighted by atomic mass is 16.5. The van der Waals surface area contributed by atoms with Crippen molar-refractivity contribution in [1.82, 2.24) is 25.1 Å². The number of amides is 1. The number of aromatic amines is 2. The van der Waals surface area contributed by atoms with Crippen LogP contribution in [0.2, 0.25) is 0 Å². The zero-order chi connectivity index (χ0) is 23.6. The zero-order valence-electron chi connectivity index (χ0n) is 20.2. The molecule has 3 aliphatic rings. The molecule has 0 radical (unpaired) electrons. The highest BCUT2D eigenvalue weighted by Gasteiger charge is 2.53. The van der Waals surface area contributed by atoms with Crippen LogP contribution < -0.4 is 4.90 Å². The van der Waals surface area contributed by atoms with Crippen LogP contribution in [-0.2, 0) is 22.4 Å². The van der Waals surface area contributed by atoms with E-state index in [1.165, 1.54) is 17.7 Å². The Hall–Kier alpha value is -3.13. The molecule has 2 aromatic heterocycles. The van der Waals surface area contributed by atoms with Gasteiger partial charge in [-0.2, -0.15) is 5.10 Å². The number of aromatic nitrogens is 4. The molecule has 0 unspecified atom stereocenters. The molecule has 1 amide bonds. The quantitative estimate of drug-likeness (QED) is 0.581. The molecule has 8 heteroatoms. The number of hydrogen-bond donors (Lipinski definition) is 2. The van der Waals surface area contributed by atoms with Crippen molar-refractivity contribution in [3.63, 3.8) is 0 Å². The topological polar surface area (TPSA) is 90.1 Å². The second kappa shape index (κ2) is 7.70. The van der Waals surface area contributed by atoms with E-state index in [2.05, 4.69) is 34.8 Å². The number of nitrogens with zero attached hydrogens (tertiary/aromatic N) is 4. The Morgan fingerprint density at radius 2 is 2.18 bits per heavy atom. The summed E-state index contributed by atoms with van der Waals surface area (Å²) in [6, 6.07) is 4.04. The van der Waals surface area contributed by atoms with Gasteiger partial charge in [0.1, 0.15) is 5.69 Å². The normalized spacial score (nSPS) is 23.9. The Morgan fingerprint density at radius 3 is 3.03 bits per heavy atom. The van der Waals surface area contributed by atoms with Crippen molar-refractivity contribution in [3.8, 4) is 11.5 Å². The SMILES string of the molecule is C=C(C(=O)N(C)c1cc2nc(-c3n[nH]c4c3C[C@@H]3C[C@]3(C)C4)[nH]c2cc1C)N1CCCOCC1. The van der Waals surface area contributed by atoms with Gasteiger partial charge in [0.15, 0.2) is 5.82 Å². The Bertz CT molecular complexity index is 1300. The number of hydrogen-bond acceptors (Lipinski definition) is 5. The lowest BCUT2D eigenvalue weighted by Gasteiger charge is -2.27. The monoisotopic (exact) mass is 460 g/mol. The summed E-state index contributed by atoms with van der Waals surface area (Å²) in [5, 5.41) is 7.90. The fraction of sp³-hybridized carbons (Fsp3) is 0.500. The third-order valence-corrected chi connectivity index (χ3v) is 8.06. The molecule has 34 heavy (non-hydrogen) atoms. The van der Waals surface area contributed by atoms with E-state index >= 15 is 0 Å². The second-order valence-electron chi connectivity index (χ2n) is 10.5. The number of nitrogens with one attached hydrogen (secondary N) is 2. The van der Waals surface area contributed by atoms with Gasteiger partial charge in [-0.25, -0.2) is 4.98 Å². The number of rotatable bonds is 4. The predicted octanol–water partition coefficient (Wildman–Crippen LogP) is 3.59. The van der Waals surface area contributed by atoms with Gasteiger partial charge >= 0.3 is 0 Å². The van der Waals surface area contributed by atoms with Crippen LogP contribution in [-0.4, -0.2) is 64.3 Å². The molecule has 0 spiro atoms. The van der Waals surface area contributed by atoms with Crippen molar-refractivity contribution in [2.75, 3.05) is 38.3 Å². The summed E-state index contributed by atoms with van der Waals surface area (Å²) in [6.45, 7) is 11.3. The number of imidazole rings is 1. The maximum atomic E-state index is 13.3.